The van der Waals surface area contributed by atoms with Crippen molar-refractivity contribution < 1.29 is 22.7 Å². The Kier molecular flexibility index (Phi) is 8.28. The Morgan fingerprint density at radius 1 is 1.19 bits per heavy atom. The molecule has 0 atom stereocenters. The number of pyridine rings is 1. The quantitative estimate of drug-likeness (QED) is 0.472. The van der Waals surface area contributed by atoms with Crippen molar-refractivity contribution in [2.24, 2.45) is 0 Å². The number of hydrogen-bond donors (Lipinski definition) is 3. The number of rotatable bonds is 9. The van der Waals surface area contributed by atoms with Crippen molar-refractivity contribution in [2.75, 3.05) is 25.1 Å². The summed E-state index contributed by atoms with van der Waals surface area (Å²) >= 11 is 6.03. The number of carbonyl (C=O) groups is 2. The third kappa shape index (κ3) is 6.47. The van der Waals surface area contributed by atoms with Gasteiger partial charge in [-0.05, 0) is 38.1 Å². The molecular weight excluding hydrogens is 460 g/mol. The zero-order chi connectivity index (χ0) is 24.1. The lowest BCUT2D eigenvalue weighted by atomic mass is 10.2. The number of nitrogens with one attached hydrogen (secondary N) is 2. The number of likely N-dealkylation sites (N-methyl/N-ethyl adjacent to an activating group) is 1. The predicted octanol–water partition coefficient (Wildman–Crippen LogP) is 0.627. The number of aryl methyl sites for hydroxylation is 1. The van der Waals surface area contributed by atoms with Gasteiger partial charge in [-0.15, -0.1) is 0 Å². The number of anilines is 1. The summed E-state index contributed by atoms with van der Waals surface area (Å²) in [6.07, 6.45) is 0.950. The number of nitrogens with two attached hydrogens (primary N) is 1. The number of carbonyl (C=O) groups excluding carboxylic acids is 2. The van der Waals surface area contributed by atoms with Crippen LogP contribution in [-0.4, -0.2) is 44.2 Å². The van der Waals surface area contributed by atoms with E-state index < -0.39 is 27.0 Å². The van der Waals surface area contributed by atoms with Gasteiger partial charge in [0.1, 0.15) is 18.0 Å². The number of nitrogens with zero attached hydrogens (tertiary/aromatic N) is 1. The molecule has 1 aromatic carbocycles. The first-order valence-electron chi connectivity index (χ1n) is 9.58. The predicted molar refractivity (Wildman–Crippen MR) is 120 cm³/mol. The van der Waals surface area contributed by atoms with Gasteiger partial charge >= 0.3 is 0 Å². The molecule has 1 heterocycles. The molecule has 2 amide bonds. The van der Waals surface area contributed by atoms with Gasteiger partial charge in [-0.3, -0.25) is 14.4 Å². The van der Waals surface area contributed by atoms with Crippen molar-refractivity contribution in [1.82, 2.24) is 15.2 Å². The molecule has 0 aliphatic rings. The third-order valence-corrected chi connectivity index (χ3v) is 5.81. The summed E-state index contributed by atoms with van der Waals surface area (Å²) < 4.78 is 30.2. The Labute approximate surface area is 190 Å². The molecule has 0 saturated carbocycles. The lowest BCUT2D eigenvalue weighted by Gasteiger charge is -2.15. The van der Waals surface area contributed by atoms with Crippen molar-refractivity contribution in [3.63, 3.8) is 0 Å². The molecule has 0 aliphatic heterocycles. The molecule has 1 aromatic heterocycles. The summed E-state index contributed by atoms with van der Waals surface area (Å²) in [4.78, 5) is 36.3. The molecule has 0 aliphatic carbocycles. The van der Waals surface area contributed by atoms with Gasteiger partial charge < -0.3 is 25.7 Å². The van der Waals surface area contributed by atoms with Crippen molar-refractivity contribution in [3.8, 4) is 5.75 Å². The maximum Gasteiger partial charge on any atom is 0.275 e. The number of sulfone groups is 1. The summed E-state index contributed by atoms with van der Waals surface area (Å²) in [6.45, 7) is 3.23. The number of aromatic nitrogens is 1. The number of benzene rings is 1. The molecule has 10 nitrogen and oxygen atoms in total. The lowest BCUT2D eigenvalue weighted by molar-refractivity contribution is -0.123. The zero-order valence-electron chi connectivity index (χ0n) is 17.9. The van der Waals surface area contributed by atoms with Crippen LogP contribution >= 0.6 is 11.6 Å². The van der Waals surface area contributed by atoms with Crippen molar-refractivity contribution >= 4 is 38.9 Å². The van der Waals surface area contributed by atoms with Gasteiger partial charge in [-0.25, -0.2) is 8.42 Å². The molecule has 2 aromatic rings. The first-order chi connectivity index (χ1) is 14.9. The SMILES string of the molecule is CCNC(=O)COc1ccc(Cl)cc1CNC(=O)Cn1c(C)cc(S(C)(=O)=O)c(N)c1=O. The number of hydrogen-bond acceptors (Lipinski definition) is 7. The highest BCUT2D eigenvalue weighted by molar-refractivity contribution is 7.90. The average molecular weight is 485 g/mol. The molecule has 0 unspecified atom stereocenters. The van der Waals surface area contributed by atoms with E-state index in [0.29, 0.717) is 22.9 Å². The highest BCUT2D eigenvalue weighted by atomic mass is 35.5. The van der Waals surface area contributed by atoms with Crippen LogP contribution < -0.4 is 26.7 Å². The molecule has 2 rings (SSSR count). The third-order valence-electron chi connectivity index (χ3n) is 4.44. The van der Waals surface area contributed by atoms with Crippen LogP contribution in [-0.2, 0) is 32.5 Å². The number of amides is 2. The van der Waals surface area contributed by atoms with Crippen LogP contribution in [0.2, 0.25) is 5.02 Å². The largest absolute Gasteiger partial charge is 0.483 e. The van der Waals surface area contributed by atoms with Crippen LogP contribution in [0.25, 0.3) is 0 Å². The first kappa shape index (κ1) is 25.2. The Morgan fingerprint density at radius 3 is 2.50 bits per heavy atom. The maximum atomic E-state index is 12.5. The second-order valence-electron chi connectivity index (χ2n) is 7.00. The molecule has 12 heteroatoms. The Bertz CT molecular complexity index is 1190. The van der Waals surface area contributed by atoms with Crippen LogP contribution in [0.15, 0.2) is 34.0 Å². The molecule has 32 heavy (non-hydrogen) atoms. The van der Waals surface area contributed by atoms with E-state index in [0.717, 1.165) is 10.8 Å². The van der Waals surface area contributed by atoms with Gasteiger partial charge in [-0.1, -0.05) is 11.6 Å². The van der Waals surface area contributed by atoms with Crippen LogP contribution in [0.1, 0.15) is 18.2 Å². The number of nitrogen functional groups attached to an aromatic ring is 1. The summed E-state index contributed by atoms with van der Waals surface area (Å²) in [5.41, 5.74) is 5.28. The zero-order valence-corrected chi connectivity index (χ0v) is 19.5. The second-order valence-corrected chi connectivity index (χ2v) is 9.42. The standard InChI is InChI=1S/C20H25ClN4O6S/c1-4-23-18(27)11-31-15-6-5-14(21)8-13(15)9-24-17(26)10-25-12(2)7-16(32(3,29)30)19(22)20(25)28/h5-8H,4,9-11,22H2,1-3H3,(H,23,27)(H,24,26). The smallest absolute Gasteiger partial charge is 0.275 e. The molecule has 174 valence electrons. The Balaban J connectivity index is 2.14. The number of halogens is 1. The minimum Gasteiger partial charge on any atom is -0.483 e. The van der Waals surface area contributed by atoms with E-state index >= 15 is 0 Å². The van der Waals surface area contributed by atoms with E-state index in [1.54, 1.807) is 25.1 Å². The molecule has 0 fully saturated rings. The van der Waals surface area contributed by atoms with E-state index in [2.05, 4.69) is 10.6 Å². The van der Waals surface area contributed by atoms with E-state index in [1.807, 2.05) is 0 Å². The molecule has 0 radical (unpaired) electrons. The highest BCUT2D eigenvalue weighted by Gasteiger charge is 2.19. The van der Waals surface area contributed by atoms with E-state index in [4.69, 9.17) is 22.1 Å². The topological polar surface area (TPSA) is 150 Å². The van der Waals surface area contributed by atoms with Gasteiger partial charge in [0.15, 0.2) is 16.4 Å². The summed E-state index contributed by atoms with van der Waals surface area (Å²) in [7, 11) is -3.69. The lowest BCUT2D eigenvalue weighted by Crippen LogP contribution is -2.35. The fourth-order valence-electron chi connectivity index (χ4n) is 2.87. The van der Waals surface area contributed by atoms with Crippen LogP contribution in [0, 0.1) is 6.92 Å². The van der Waals surface area contributed by atoms with Crippen LogP contribution in [0.4, 0.5) is 5.69 Å². The normalized spacial score (nSPS) is 11.1. The molecular formula is C20H25ClN4O6S. The van der Waals surface area contributed by atoms with Crippen molar-refractivity contribution in [2.45, 2.75) is 31.8 Å². The van der Waals surface area contributed by atoms with Gasteiger partial charge in [0, 0.05) is 35.6 Å². The average Bonchev–Trinajstić information content (AvgIpc) is 2.71. The van der Waals surface area contributed by atoms with Gasteiger partial charge in [0.2, 0.25) is 5.91 Å². The monoisotopic (exact) mass is 484 g/mol. The Morgan fingerprint density at radius 2 is 1.88 bits per heavy atom. The molecule has 0 saturated heterocycles. The van der Waals surface area contributed by atoms with E-state index in [1.165, 1.54) is 13.0 Å². The fourth-order valence-corrected chi connectivity index (χ4v) is 3.94. The van der Waals surface area contributed by atoms with Gasteiger partial charge in [-0.2, -0.15) is 0 Å². The fraction of sp³-hybridized carbons (Fsp3) is 0.350. The minimum absolute atomic E-state index is 0.0226. The summed E-state index contributed by atoms with van der Waals surface area (Å²) in [5.74, 6) is -0.435. The van der Waals surface area contributed by atoms with Crippen LogP contribution in [0.5, 0.6) is 5.75 Å². The molecule has 4 N–H and O–H groups in total. The molecule has 0 bridgehead atoms. The number of ether oxygens (including phenoxy) is 1. The summed E-state index contributed by atoms with van der Waals surface area (Å²) in [5, 5.41) is 5.67. The summed E-state index contributed by atoms with van der Waals surface area (Å²) in [6, 6.07) is 6.02. The van der Waals surface area contributed by atoms with E-state index in [-0.39, 0.29) is 36.2 Å². The second kappa shape index (κ2) is 10.5. The first-order valence-corrected chi connectivity index (χ1v) is 11.9. The van der Waals surface area contributed by atoms with E-state index in [9.17, 15) is 22.8 Å². The van der Waals surface area contributed by atoms with Gasteiger partial charge in [0.05, 0.1) is 4.90 Å². The maximum absolute atomic E-state index is 12.5. The van der Waals surface area contributed by atoms with Crippen molar-refractivity contribution in [1.29, 1.82) is 0 Å². The molecule has 0 spiro atoms. The van der Waals surface area contributed by atoms with Gasteiger partial charge in [0.25, 0.3) is 11.5 Å². The van der Waals surface area contributed by atoms with Crippen molar-refractivity contribution in [3.05, 3.63) is 50.9 Å². The highest BCUT2D eigenvalue weighted by Crippen LogP contribution is 2.23. The Hall–Kier alpha value is -3.05. The minimum atomic E-state index is -3.69. The van der Waals surface area contributed by atoms with Crippen LogP contribution in [0.3, 0.4) is 0 Å².